The summed E-state index contributed by atoms with van der Waals surface area (Å²) in [5.41, 5.74) is 1.25. The van der Waals surface area contributed by atoms with Gasteiger partial charge in [-0.05, 0) is 51.0 Å². The summed E-state index contributed by atoms with van der Waals surface area (Å²) in [6.07, 6.45) is 3.74. The molecule has 1 aromatic carbocycles. The number of benzene rings is 1. The van der Waals surface area contributed by atoms with Crippen LogP contribution in [0, 0.1) is 0 Å². The Morgan fingerprint density at radius 3 is 2.88 bits per heavy atom. The van der Waals surface area contributed by atoms with Gasteiger partial charge in [0.1, 0.15) is 5.75 Å². The predicted molar refractivity (Wildman–Crippen MR) is 94.2 cm³/mol. The Bertz CT molecular complexity index is 729. The van der Waals surface area contributed by atoms with Gasteiger partial charge in [-0.15, -0.1) is 0 Å². The third-order valence-electron chi connectivity index (χ3n) is 4.29. The van der Waals surface area contributed by atoms with Crippen LogP contribution in [0.1, 0.15) is 25.7 Å². The lowest BCUT2D eigenvalue weighted by atomic mass is 10.1. The quantitative estimate of drug-likeness (QED) is 0.752. The van der Waals surface area contributed by atoms with Crippen LogP contribution in [0.4, 0.5) is 14.6 Å². The van der Waals surface area contributed by atoms with Crippen molar-refractivity contribution >= 4 is 11.7 Å². The highest BCUT2D eigenvalue weighted by atomic mass is 19.3. The van der Waals surface area contributed by atoms with Crippen molar-refractivity contribution in [2.75, 3.05) is 25.0 Å². The number of hydrogen-bond donors (Lipinski definition) is 2. The van der Waals surface area contributed by atoms with Crippen molar-refractivity contribution in [3.63, 3.8) is 0 Å². The summed E-state index contributed by atoms with van der Waals surface area (Å²) in [5.74, 6) is 0.392. The second-order valence-corrected chi connectivity index (χ2v) is 6.27. The highest BCUT2D eigenvalue weighted by molar-refractivity contribution is 5.90. The molecule has 0 saturated carbocycles. The molecule has 0 bridgehead atoms. The summed E-state index contributed by atoms with van der Waals surface area (Å²) in [5, 5.41) is 9.60. The molecular formula is C18H22F2N4O2. The van der Waals surface area contributed by atoms with Crippen LogP contribution in [0.25, 0.3) is 11.3 Å². The van der Waals surface area contributed by atoms with Gasteiger partial charge in [-0.2, -0.15) is 13.9 Å². The van der Waals surface area contributed by atoms with E-state index in [4.69, 9.17) is 0 Å². The number of H-pyrrole nitrogens is 1. The summed E-state index contributed by atoms with van der Waals surface area (Å²) < 4.78 is 29.0. The standard InChI is InChI=1S/C18H22F2N4O2/c19-18(20)26-14-6-3-5-13(11-14)15-12-16(23-22-15)21-17(25)7-4-10-24-8-1-2-9-24/h3,5-6,11-12,18H,1-2,4,7-10H2,(H2,21,22,23,25). The Labute approximate surface area is 150 Å². The number of likely N-dealkylation sites (tertiary alicyclic amines) is 1. The van der Waals surface area contributed by atoms with Crippen LogP contribution in [0.3, 0.4) is 0 Å². The monoisotopic (exact) mass is 364 g/mol. The van der Waals surface area contributed by atoms with E-state index in [1.165, 1.54) is 25.0 Å². The second-order valence-electron chi connectivity index (χ2n) is 6.27. The average molecular weight is 364 g/mol. The number of nitrogens with one attached hydrogen (secondary N) is 2. The Morgan fingerprint density at radius 1 is 1.31 bits per heavy atom. The van der Waals surface area contributed by atoms with Crippen molar-refractivity contribution in [3.8, 4) is 17.0 Å². The lowest BCUT2D eigenvalue weighted by molar-refractivity contribution is -0.116. The van der Waals surface area contributed by atoms with Gasteiger partial charge < -0.3 is 15.0 Å². The number of amides is 1. The molecule has 0 spiro atoms. The highest BCUT2D eigenvalue weighted by Crippen LogP contribution is 2.25. The number of nitrogens with zero attached hydrogens (tertiary/aromatic N) is 2. The van der Waals surface area contributed by atoms with Gasteiger partial charge in [0.15, 0.2) is 5.82 Å². The number of alkyl halides is 2. The Hall–Kier alpha value is -2.48. The molecule has 1 amide bonds. The lowest BCUT2D eigenvalue weighted by Gasteiger charge is -2.13. The van der Waals surface area contributed by atoms with Crippen LogP contribution in [0.15, 0.2) is 30.3 Å². The molecule has 3 rings (SSSR count). The van der Waals surface area contributed by atoms with E-state index in [9.17, 15) is 13.6 Å². The van der Waals surface area contributed by atoms with Crippen LogP contribution < -0.4 is 10.1 Å². The molecule has 2 N–H and O–H groups in total. The molecule has 1 saturated heterocycles. The van der Waals surface area contributed by atoms with Gasteiger partial charge in [0, 0.05) is 18.1 Å². The first-order valence-corrected chi connectivity index (χ1v) is 8.73. The maximum absolute atomic E-state index is 12.3. The maximum Gasteiger partial charge on any atom is 0.387 e. The molecule has 2 heterocycles. The molecule has 140 valence electrons. The van der Waals surface area contributed by atoms with Gasteiger partial charge in [0.05, 0.1) is 5.69 Å². The highest BCUT2D eigenvalue weighted by Gasteiger charge is 2.13. The topological polar surface area (TPSA) is 70.2 Å². The first-order valence-electron chi connectivity index (χ1n) is 8.73. The Kier molecular flexibility index (Phi) is 6.17. The van der Waals surface area contributed by atoms with E-state index in [-0.39, 0.29) is 11.7 Å². The summed E-state index contributed by atoms with van der Waals surface area (Å²) in [6.45, 7) is 0.315. The molecule has 0 radical (unpaired) electrons. The van der Waals surface area contributed by atoms with Crippen LogP contribution in [-0.4, -0.2) is 47.3 Å². The molecule has 26 heavy (non-hydrogen) atoms. The SMILES string of the molecule is O=C(CCCN1CCCC1)Nc1cc(-c2cccc(OC(F)F)c2)[nH]n1. The smallest absolute Gasteiger partial charge is 0.387 e. The number of ether oxygens (including phenoxy) is 1. The van der Waals surface area contributed by atoms with Crippen molar-refractivity contribution in [1.82, 2.24) is 15.1 Å². The zero-order chi connectivity index (χ0) is 18.4. The van der Waals surface area contributed by atoms with E-state index < -0.39 is 6.61 Å². The van der Waals surface area contributed by atoms with Gasteiger partial charge >= 0.3 is 6.61 Å². The lowest BCUT2D eigenvalue weighted by Crippen LogP contribution is -2.22. The Balaban J connectivity index is 1.51. The van der Waals surface area contributed by atoms with Crippen LogP contribution in [0.2, 0.25) is 0 Å². The largest absolute Gasteiger partial charge is 0.435 e. The second kappa shape index (κ2) is 8.75. The molecule has 1 aliphatic rings. The van der Waals surface area contributed by atoms with Crippen LogP contribution in [-0.2, 0) is 4.79 Å². The third-order valence-corrected chi connectivity index (χ3v) is 4.29. The molecule has 6 nitrogen and oxygen atoms in total. The third kappa shape index (κ3) is 5.26. The molecule has 2 aromatic rings. The predicted octanol–water partition coefficient (Wildman–Crippen LogP) is 3.49. The number of aromatic amines is 1. The molecule has 0 atom stereocenters. The molecular weight excluding hydrogens is 342 g/mol. The zero-order valence-electron chi connectivity index (χ0n) is 14.4. The summed E-state index contributed by atoms with van der Waals surface area (Å²) >= 11 is 0. The zero-order valence-corrected chi connectivity index (χ0v) is 14.4. The van der Waals surface area contributed by atoms with Crippen molar-refractivity contribution in [1.29, 1.82) is 0 Å². The fourth-order valence-corrected chi connectivity index (χ4v) is 3.05. The normalized spacial score (nSPS) is 14.7. The van der Waals surface area contributed by atoms with Gasteiger partial charge in [-0.3, -0.25) is 9.89 Å². The number of carbonyl (C=O) groups is 1. The Morgan fingerprint density at radius 2 is 2.12 bits per heavy atom. The van der Waals surface area contributed by atoms with Gasteiger partial charge in [-0.25, -0.2) is 0 Å². The van der Waals surface area contributed by atoms with Crippen LogP contribution >= 0.6 is 0 Å². The van der Waals surface area contributed by atoms with Crippen molar-refractivity contribution in [2.45, 2.75) is 32.3 Å². The fourth-order valence-electron chi connectivity index (χ4n) is 3.05. The molecule has 1 aromatic heterocycles. The number of halogens is 2. The number of carbonyl (C=O) groups excluding carboxylic acids is 1. The van der Waals surface area contributed by atoms with Gasteiger partial charge in [0.2, 0.25) is 5.91 Å². The minimum atomic E-state index is -2.87. The number of rotatable bonds is 8. The number of aromatic nitrogens is 2. The van der Waals surface area contributed by atoms with E-state index in [1.807, 2.05) is 0 Å². The molecule has 1 fully saturated rings. The van der Waals surface area contributed by atoms with E-state index in [2.05, 4.69) is 25.2 Å². The fraction of sp³-hybridized carbons (Fsp3) is 0.444. The van der Waals surface area contributed by atoms with Crippen molar-refractivity contribution in [3.05, 3.63) is 30.3 Å². The van der Waals surface area contributed by atoms with Gasteiger partial charge in [-0.1, -0.05) is 12.1 Å². The minimum absolute atomic E-state index is 0.0691. The van der Waals surface area contributed by atoms with E-state index in [1.54, 1.807) is 18.2 Å². The molecule has 1 aliphatic heterocycles. The maximum atomic E-state index is 12.3. The number of anilines is 1. The molecule has 0 aliphatic carbocycles. The van der Waals surface area contributed by atoms with E-state index in [0.717, 1.165) is 26.1 Å². The minimum Gasteiger partial charge on any atom is -0.435 e. The van der Waals surface area contributed by atoms with Crippen LogP contribution in [0.5, 0.6) is 5.75 Å². The van der Waals surface area contributed by atoms with E-state index in [0.29, 0.717) is 23.5 Å². The summed E-state index contributed by atoms with van der Waals surface area (Å²) in [4.78, 5) is 14.4. The van der Waals surface area contributed by atoms with Crippen molar-refractivity contribution in [2.24, 2.45) is 0 Å². The first-order chi connectivity index (χ1) is 12.6. The molecule has 8 heteroatoms. The number of hydrogen-bond acceptors (Lipinski definition) is 4. The van der Waals surface area contributed by atoms with Crippen molar-refractivity contribution < 1.29 is 18.3 Å². The first kappa shape index (κ1) is 18.3. The van der Waals surface area contributed by atoms with Gasteiger partial charge in [0.25, 0.3) is 0 Å². The van der Waals surface area contributed by atoms with E-state index >= 15 is 0 Å². The summed E-state index contributed by atoms with van der Waals surface area (Å²) in [7, 11) is 0. The summed E-state index contributed by atoms with van der Waals surface area (Å²) in [6, 6.07) is 7.97. The average Bonchev–Trinajstić information content (AvgIpc) is 3.26. The molecule has 0 unspecified atom stereocenters.